The minimum atomic E-state index is -0.369. The standard InChI is InChI=1S/C23H18FN3O4/c1-29-19-10-2-15(3-11-19)22-26-23(31-27-22)16-4-12-20(13-5-16)30-14-21(28)25-18-8-6-17(24)7-9-18/h2-13H,14H2,1H3,(H,25,28). The number of halogens is 1. The van der Waals surface area contributed by atoms with Crippen LogP contribution in [0.4, 0.5) is 10.1 Å². The number of benzene rings is 3. The van der Waals surface area contributed by atoms with Crippen LogP contribution in [0.5, 0.6) is 11.5 Å². The van der Waals surface area contributed by atoms with Crippen molar-refractivity contribution in [2.24, 2.45) is 0 Å². The van der Waals surface area contributed by atoms with Crippen LogP contribution in [-0.4, -0.2) is 29.8 Å². The van der Waals surface area contributed by atoms with E-state index in [-0.39, 0.29) is 18.3 Å². The van der Waals surface area contributed by atoms with Crippen molar-refractivity contribution in [3.05, 3.63) is 78.6 Å². The van der Waals surface area contributed by atoms with Gasteiger partial charge in [0.2, 0.25) is 5.82 Å². The number of methoxy groups -OCH3 is 1. The van der Waals surface area contributed by atoms with E-state index in [0.717, 1.165) is 16.9 Å². The summed E-state index contributed by atoms with van der Waals surface area (Å²) < 4.78 is 28.9. The number of carbonyl (C=O) groups is 1. The number of amides is 1. The first kappa shape index (κ1) is 20.1. The summed E-state index contributed by atoms with van der Waals surface area (Å²) in [6.07, 6.45) is 0. The molecule has 0 saturated heterocycles. The Balaban J connectivity index is 1.35. The maximum atomic E-state index is 12.9. The Labute approximate surface area is 177 Å². The normalized spacial score (nSPS) is 10.5. The molecule has 0 fully saturated rings. The molecule has 1 N–H and O–H groups in total. The van der Waals surface area contributed by atoms with Crippen molar-refractivity contribution in [1.29, 1.82) is 0 Å². The first-order valence-corrected chi connectivity index (χ1v) is 9.37. The van der Waals surface area contributed by atoms with E-state index >= 15 is 0 Å². The van der Waals surface area contributed by atoms with Gasteiger partial charge in [-0.15, -0.1) is 0 Å². The molecule has 8 heteroatoms. The molecular weight excluding hydrogens is 401 g/mol. The van der Waals surface area contributed by atoms with Gasteiger partial charge in [0.15, 0.2) is 6.61 Å². The predicted molar refractivity (Wildman–Crippen MR) is 112 cm³/mol. The third-order valence-electron chi connectivity index (χ3n) is 4.37. The van der Waals surface area contributed by atoms with Crippen LogP contribution in [0, 0.1) is 5.82 Å². The van der Waals surface area contributed by atoms with Gasteiger partial charge in [-0.05, 0) is 72.8 Å². The van der Waals surface area contributed by atoms with E-state index in [2.05, 4.69) is 15.5 Å². The van der Waals surface area contributed by atoms with Crippen LogP contribution in [0.15, 0.2) is 77.3 Å². The highest BCUT2D eigenvalue weighted by molar-refractivity contribution is 5.91. The second-order valence-corrected chi connectivity index (χ2v) is 6.52. The number of aromatic nitrogens is 2. The minimum Gasteiger partial charge on any atom is -0.497 e. The fraction of sp³-hybridized carbons (Fsp3) is 0.0870. The van der Waals surface area contributed by atoms with Gasteiger partial charge in [0.05, 0.1) is 7.11 Å². The molecule has 7 nitrogen and oxygen atoms in total. The van der Waals surface area contributed by atoms with E-state index < -0.39 is 0 Å². The second-order valence-electron chi connectivity index (χ2n) is 6.52. The zero-order valence-corrected chi connectivity index (χ0v) is 16.5. The highest BCUT2D eigenvalue weighted by Gasteiger charge is 2.11. The molecule has 1 aromatic heterocycles. The van der Waals surface area contributed by atoms with Crippen molar-refractivity contribution in [3.63, 3.8) is 0 Å². The third kappa shape index (κ3) is 5.05. The highest BCUT2D eigenvalue weighted by atomic mass is 19.1. The van der Waals surface area contributed by atoms with Crippen LogP contribution >= 0.6 is 0 Å². The summed E-state index contributed by atoms with van der Waals surface area (Å²) in [5, 5.41) is 6.64. The van der Waals surface area contributed by atoms with Gasteiger partial charge < -0.3 is 19.3 Å². The van der Waals surface area contributed by atoms with Crippen LogP contribution in [-0.2, 0) is 4.79 Å². The SMILES string of the molecule is COc1ccc(-c2noc(-c3ccc(OCC(=O)Nc4ccc(F)cc4)cc3)n2)cc1. The molecule has 0 aliphatic heterocycles. The van der Waals surface area contributed by atoms with Gasteiger partial charge in [-0.2, -0.15) is 4.98 Å². The van der Waals surface area contributed by atoms with Gasteiger partial charge in [0.1, 0.15) is 17.3 Å². The Kier molecular flexibility index (Phi) is 5.89. The van der Waals surface area contributed by atoms with E-state index in [1.54, 1.807) is 31.4 Å². The lowest BCUT2D eigenvalue weighted by atomic mass is 10.2. The molecule has 0 unspecified atom stereocenters. The summed E-state index contributed by atoms with van der Waals surface area (Å²) in [5.74, 6) is 1.37. The Hall–Kier alpha value is -4.20. The highest BCUT2D eigenvalue weighted by Crippen LogP contribution is 2.25. The first-order valence-electron chi connectivity index (χ1n) is 9.37. The number of nitrogens with one attached hydrogen (secondary N) is 1. The van der Waals surface area contributed by atoms with Crippen molar-refractivity contribution in [1.82, 2.24) is 10.1 Å². The molecule has 4 aromatic rings. The van der Waals surface area contributed by atoms with Gasteiger partial charge in [-0.25, -0.2) is 4.39 Å². The van der Waals surface area contributed by atoms with Crippen LogP contribution in [0.25, 0.3) is 22.8 Å². The van der Waals surface area contributed by atoms with Crippen LogP contribution in [0.2, 0.25) is 0 Å². The van der Waals surface area contributed by atoms with Gasteiger partial charge in [-0.1, -0.05) is 5.16 Å². The Morgan fingerprint density at radius 2 is 1.58 bits per heavy atom. The van der Waals surface area contributed by atoms with Crippen LogP contribution in [0.3, 0.4) is 0 Å². The molecule has 1 heterocycles. The minimum absolute atomic E-state index is 0.182. The summed E-state index contributed by atoms with van der Waals surface area (Å²) in [6, 6.07) is 19.8. The summed E-state index contributed by atoms with van der Waals surface area (Å²) in [7, 11) is 1.60. The number of ether oxygens (including phenoxy) is 2. The Bertz CT molecular complexity index is 1160. The van der Waals surface area contributed by atoms with E-state index in [1.807, 2.05) is 24.3 Å². The molecule has 0 atom stereocenters. The molecular formula is C23H18FN3O4. The maximum Gasteiger partial charge on any atom is 0.262 e. The molecule has 3 aromatic carbocycles. The van der Waals surface area contributed by atoms with Crippen molar-refractivity contribution < 1.29 is 23.2 Å². The lowest BCUT2D eigenvalue weighted by Crippen LogP contribution is -2.20. The molecule has 0 aliphatic rings. The lowest BCUT2D eigenvalue weighted by molar-refractivity contribution is -0.118. The van der Waals surface area contributed by atoms with Crippen molar-refractivity contribution >= 4 is 11.6 Å². The monoisotopic (exact) mass is 419 g/mol. The summed E-state index contributed by atoms with van der Waals surface area (Å²) in [6.45, 7) is -0.182. The fourth-order valence-corrected chi connectivity index (χ4v) is 2.77. The number of rotatable bonds is 7. The van der Waals surface area contributed by atoms with Crippen molar-refractivity contribution in [3.8, 4) is 34.3 Å². The number of nitrogens with zero attached hydrogens (tertiary/aromatic N) is 2. The quantitative estimate of drug-likeness (QED) is 0.472. The van der Waals surface area contributed by atoms with Crippen LogP contribution < -0.4 is 14.8 Å². The molecule has 4 rings (SSSR count). The molecule has 31 heavy (non-hydrogen) atoms. The van der Waals surface area contributed by atoms with Gasteiger partial charge in [0, 0.05) is 16.8 Å². The molecule has 0 saturated carbocycles. The summed E-state index contributed by atoms with van der Waals surface area (Å²) in [5.41, 5.74) is 2.02. The molecule has 156 valence electrons. The number of anilines is 1. The zero-order valence-electron chi connectivity index (χ0n) is 16.5. The average molecular weight is 419 g/mol. The molecule has 0 spiro atoms. The average Bonchev–Trinajstić information content (AvgIpc) is 3.30. The Morgan fingerprint density at radius 1 is 0.935 bits per heavy atom. The third-order valence-corrected chi connectivity index (χ3v) is 4.37. The van der Waals surface area contributed by atoms with E-state index in [0.29, 0.717) is 23.2 Å². The van der Waals surface area contributed by atoms with Gasteiger partial charge >= 0.3 is 0 Å². The maximum absolute atomic E-state index is 12.9. The topological polar surface area (TPSA) is 86.5 Å². The predicted octanol–water partition coefficient (Wildman–Crippen LogP) is 4.57. The van der Waals surface area contributed by atoms with Crippen molar-refractivity contribution in [2.75, 3.05) is 19.0 Å². The number of carbonyl (C=O) groups excluding carboxylic acids is 1. The Morgan fingerprint density at radius 3 is 2.26 bits per heavy atom. The smallest absolute Gasteiger partial charge is 0.262 e. The molecule has 0 radical (unpaired) electrons. The zero-order chi connectivity index (χ0) is 21.6. The fourth-order valence-electron chi connectivity index (χ4n) is 2.77. The first-order chi connectivity index (χ1) is 15.1. The molecule has 0 bridgehead atoms. The number of hydrogen-bond acceptors (Lipinski definition) is 6. The molecule has 0 aliphatic carbocycles. The largest absolute Gasteiger partial charge is 0.497 e. The van der Waals surface area contributed by atoms with E-state index in [1.165, 1.54) is 24.3 Å². The number of hydrogen-bond donors (Lipinski definition) is 1. The van der Waals surface area contributed by atoms with Gasteiger partial charge in [0.25, 0.3) is 11.8 Å². The van der Waals surface area contributed by atoms with Crippen LogP contribution in [0.1, 0.15) is 0 Å². The second kappa shape index (κ2) is 9.08. The lowest BCUT2D eigenvalue weighted by Gasteiger charge is -2.07. The van der Waals surface area contributed by atoms with Crippen molar-refractivity contribution in [2.45, 2.75) is 0 Å². The van der Waals surface area contributed by atoms with E-state index in [9.17, 15) is 9.18 Å². The molecule has 1 amide bonds. The van der Waals surface area contributed by atoms with Gasteiger partial charge in [-0.3, -0.25) is 4.79 Å². The summed E-state index contributed by atoms with van der Waals surface area (Å²) in [4.78, 5) is 16.4. The van der Waals surface area contributed by atoms with E-state index in [4.69, 9.17) is 14.0 Å². The summed E-state index contributed by atoms with van der Waals surface area (Å²) >= 11 is 0.